The van der Waals surface area contributed by atoms with Gasteiger partial charge in [-0.3, -0.25) is 0 Å². The highest BCUT2D eigenvalue weighted by atomic mass is 19.4. The quantitative estimate of drug-likeness (QED) is 0.750. The van der Waals surface area contributed by atoms with Crippen molar-refractivity contribution in [2.24, 2.45) is 0 Å². The zero-order valence-corrected chi connectivity index (χ0v) is 7.23. The average molecular weight is 198 g/mol. The third-order valence-corrected chi connectivity index (χ3v) is 2.40. The van der Waals surface area contributed by atoms with E-state index in [0.29, 0.717) is 12.8 Å². The van der Waals surface area contributed by atoms with Crippen LogP contribution in [0.15, 0.2) is 0 Å². The molecule has 78 valence electrons. The Balaban J connectivity index is 2.64. The first-order chi connectivity index (χ1) is 6.02. The standard InChI is InChI=1S/C8H13F3O2/c9-8(10,11)7(13-6-5-12)3-1-2-4-7/h12H,1-6H2. The summed E-state index contributed by atoms with van der Waals surface area (Å²) in [5.41, 5.74) is -1.98. The van der Waals surface area contributed by atoms with Crippen LogP contribution >= 0.6 is 0 Å². The molecule has 0 saturated heterocycles. The Morgan fingerprint density at radius 3 is 2.15 bits per heavy atom. The smallest absolute Gasteiger partial charge is 0.394 e. The van der Waals surface area contributed by atoms with Crippen LogP contribution in [0.5, 0.6) is 0 Å². The molecule has 0 aromatic rings. The first-order valence-electron chi connectivity index (χ1n) is 4.33. The van der Waals surface area contributed by atoms with Gasteiger partial charge in [0.1, 0.15) is 0 Å². The fourth-order valence-corrected chi connectivity index (χ4v) is 1.70. The van der Waals surface area contributed by atoms with Crippen molar-refractivity contribution in [1.82, 2.24) is 0 Å². The Hall–Kier alpha value is -0.290. The predicted molar refractivity (Wildman–Crippen MR) is 40.3 cm³/mol. The molecule has 1 saturated carbocycles. The van der Waals surface area contributed by atoms with Crippen LogP contribution < -0.4 is 0 Å². The summed E-state index contributed by atoms with van der Waals surface area (Å²) in [5, 5.41) is 8.41. The lowest BCUT2D eigenvalue weighted by molar-refractivity contribution is -0.276. The Labute approximate surface area is 74.7 Å². The topological polar surface area (TPSA) is 29.5 Å². The maximum absolute atomic E-state index is 12.5. The molecule has 1 N–H and O–H groups in total. The molecule has 1 fully saturated rings. The lowest BCUT2D eigenvalue weighted by Gasteiger charge is -2.31. The molecule has 0 radical (unpaired) electrons. The second-order valence-electron chi connectivity index (χ2n) is 3.27. The Bertz CT molecular complexity index is 161. The van der Waals surface area contributed by atoms with Gasteiger partial charge in [0.2, 0.25) is 0 Å². The van der Waals surface area contributed by atoms with Gasteiger partial charge in [0.15, 0.2) is 5.60 Å². The Morgan fingerprint density at radius 2 is 1.77 bits per heavy atom. The summed E-state index contributed by atoms with van der Waals surface area (Å²) in [4.78, 5) is 0. The number of hydrogen-bond acceptors (Lipinski definition) is 2. The molecule has 0 amide bonds. The minimum Gasteiger partial charge on any atom is -0.394 e. The molecule has 5 heteroatoms. The molecule has 0 unspecified atom stereocenters. The van der Waals surface area contributed by atoms with Gasteiger partial charge in [-0.25, -0.2) is 0 Å². The van der Waals surface area contributed by atoms with Crippen LogP contribution in [0.2, 0.25) is 0 Å². The number of hydrogen-bond donors (Lipinski definition) is 1. The van der Waals surface area contributed by atoms with Crippen LogP contribution in [0, 0.1) is 0 Å². The molecule has 1 rings (SSSR count). The Kier molecular flexibility index (Phi) is 3.18. The summed E-state index contributed by atoms with van der Waals surface area (Å²) < 4.78 is 42.3. The second kappa shape index (κ2) is 3.84. The summed E-state index contributed by atoms with van der Waals surface area (Å²) >= 11 is 0. The lowest BCUT2D eigenvalue weighted by atomic mass is 10.0. The van der Waals surface area contributed by atoms with Gasteiger partial charge in [0, 0.05) is 0 Å². The van der Waals surface area contributed by atoms with Gasteiger partial charge in [-0.2, -0.15) is 13.2 Å². The van der Waals surface area contributed by atoms with E-state index in [9.17, 15) is 13.2 Å². The molecule has 1 aliphatic rings. The van der Waals surface area contributed by atoms with E-state index in [2.05, 4.69) is 0 Å². The zero-order valence-electron chi connectivity index (χ0n) is 7.23. The summed E-state index contributed by atoms with van der Waals surface area (Å²) in [5.74, 6) is 0. The molecule has 0 aromatic heterocycles. The van der Waals surface area contributed by atoms with E-state index in [1.165, 1.54) is 0 Å². The molecule has 13 heavy (non-hydrogen) atoms. The van der Waals surface area contributed by atoms with E-state index in [0.717, 1.165) is 0 Å². The van der Waals surface area contributed by atoms with Crippen LogP contribution in [0.25, 0.3) is 0 Å². The third kappa shape index (κ3) is 2.14. The largest absolute Gasteiger partial charge is 0.417 e. The minimum atomic E-state index is -4.31. The minimum absolute atomic E-state index is 0.0243. The molecule has 0 aromatic carbocycles. The van der Waals surface area contributed by atoms with Crippen molar-refractivity contribution in [2.45, 2.75) is 37.5 Å². The van der Waals surface area contributed by atoms with Gasteiger partial charge >= 0.3 is 6.18 Å². The van der Waals surface area contributed by atoms with Gasteiger partial charge < -0.3 is 9.84 Å². The van der Waals surface area contributed by atoms with Gasteiger partial charge in [-0.15, -0.1) is 0 Å². The summed E-state index contributed by atoms with van der Waals surface area (Å²) in [6, 6.07) is 0. The van der Waals surface area contributed by atoms with Crippen LogP contribution in [0.4, 0.5) is 13.2 Å². The van der Waals surface area contributed by atoms with E-state index >= 15 is 0 Å². The number of alkyl halides is 3. The SMILES string of the molecule is OCCOC1(C(F)(F)F)CCCC1. The summed E-state index contributed by atoms with van der Waals surface area (Å²) in [6.07, 6.45) is -3.17. The van der Waals surface area contributed by atoms with E-state index in [1.807, 2.05) is 0 Å². The fourth-order valence-electron chi connectivity index (χ4n) is 1.70. The number of aliphatic hydroxyl groups is 1. The predicted octanol–water partition coefficient (Wildman–Crippen LogP) is 1.87. The lowest BCUT2D eigenvalue weighted by Crippen LogP contribution is -2.45. The maximum atomic E-state index is 12.5. The molecule has 0 atom stereocenters. The van der Waals surface area contributed by atoms with Crippen LogP contribution in [-0.4, -0.2) is 30.1 Å². The first-order valence-corrected chi connectivity index (χ1v) is 4.33. The summed E-state index contributed by atoms with van der Waals surface area (Å²) in [7, 11) is 0. The molecule has 2 nitrogen and oxygen atoms in total. The normalized spacial score (nSPS) is 22.2. The highest BCUT2D eigenvalue weighted by Gasteiger charge is 2.56. The monoisotopic (exact) mass is 198 g/mol. The number of aliphatic hydroxyl groups excluding tert-OH is 1. The van der Waals surface area contributed by atoms with Crippen molar-refractivity contribution >= 4 is 0 Å². The van der Waals surface area contributed by atoms with Crippen molar-refractivity contribution in [3.8, 4) is 0 Å². The molecule has 0 heterocycles. The molecule has 0 bridgehead atoms. The fraction of sp³-hybridized carbons (Fsp3) is 1.00. The van der Waals surface area contributed by atoms with E-state index < -0.39 is 11.8 Å². The van der Waals surface area contributed by atoms with Crippen molar-refractivity contribution < 1.29 is 23.0 Å². The molecule has 0 aliphatic heterocycles. The van der Waals surface area contributed by atoms with Gasteiger partial charge in [0.25, 0.3) is 0 Å². The highest BCUT2D eigenvalue weighted by Crippen LogP contribution is 2.45. The first kappa shape index (κ1) is 10.8. The molecule has 1 aliphatic carbocycles. The molecular formula is C8H13F3O2. The molecular weight excluding hydrogens is 185 g/mol. The average Bonchev–Trinajstić information content (AvgIpc) is 2.48. The van der Waals surface area contributed by atoms with Crippen molar-refractivity contribution in [1.29, 1.82) is 0 Å². The third-order valence-electron chi connectivity index (χ3n) is 2.40. The van der Waals surface area contributed by atoms with Crippen molar-refractivity contribution in [3.05, 3.63) is 0 Å². The van der Waals surface area contributed by atoms with E-state index in [4.69, 9.17) is 9.84 Å². The Morgan fingerprint density at radius 1 is 1.23 bits per heavy atom. The van der Waals surface area contributed by atoms with E-state index in [1.54, 1.807) is 0 Å². The van der Waals surface area contributed by atoms with Crippen LogP contribution in [-0.2, 0) is 4.74 Å². The maximum Gasteiger partial charge on any atom is 0.417 e. The number of rotatable bonds is 3. The molecule has 0 spiro atoms. The van der Waals surface area contributed by atoms with Crippen molar-refractivity contribution in [2.75, 3.05) is 13.2 Å². The zero-order chi connectivity index (χ0) is 9.95. The van der Waals surface area contributed by atoms with Crippen LogP contribution in [0.1, 0.15) is 25.7 Å². The number of halogens is 3. The van der Waals surface area contributed by atoms with Crippen molar-refractivity contribution in [3.63, 3.8) is 0 Å². The summed E-state index contributed by atoms with van der Waals surface area (Å²) in [6.45, 7) is -0.600. The highest BCUT2D eigenvalue weighted by molar-refractivity contribution is 4.93. The van der Waals surface area contributed by atoms with E-state index in [-0.39, 0.29) is 26.1 Å². The number of ether oxygens (including phenoxy) is 1. The van der Waals surface area contributed by atoms with Crippen LogP contribution in [0.3, 0.4) is 0 Å². The van der Waals surface area contributed by atoms with Gasteiger partial charge in [-0.1, -0.05) is 12.8 Å². The second-order valence-corrected chi connectivity index (χ2v) is 3.27. The van der Waals surface area contributed by atoms with Gasteiger partial charge in [0.05, 0.1) is 13.2 Å². The van der Waals surface area contributed by atoms with Gasteiger partial charge in [-0.05, 0) is 12.8 Å².